The Morgan fingerprint density at radius 1 is 1.29 bits per heavy atom. The van der Waals surface area contributed by atoms with Crippen LogP contribution in [-0.2, 0) is 0 Å². The van der Waals surface area contributed by atoms with E-state index in [2.05, 4.69) is 17.4 Å². The van der Waals surface area contributed by atoms with Gasteiger partial charge in [-0.2, -0.15) is 0 Å². The minimum Gasteiger partial charge on any atom is -0.411 e. The van der Waals surface area contributed by atoms with Crippen LogP contribution in [0.2, 0.25) is 0 Å². The van der Waals surface area contributed by atoms with Gasteiger partial charge in [0.05, 0.1) is 11.8 Å². The summed E-state index contributed by atoms with van der Waals surface area (Å²) in [5.74, 6) is 0. The van der Waals surface area contributed by atoms with Crippen molar-refractivity contribution in [2.75, 3.05) is 6.54 Å². The van der Waals surface area contributed by atoms with Crippen molar-refractivity contribution in [3.63, 3.8) is 0 Å². The van der Waals surface area contributed by atoms with Crippen LogP contribution in [0.25, 0.3) is 0 Å². The summed E-state index contributed by atoms with van der Waals surface area (Å²) in [6, 6.07) is 0.281. The van der Waals surface area contributed by atoms with Crippen LogP contribution in [0.5, 0.6) is 0 Å². The minimum absolute atomic E-state index is 0.281. The average molecular weight is 236 g/mol. The van der Waals surface area contributed by atoms with Crippen LogP contribution >= 0.6 is 0 Å². The summed E-state index contributed by atoms with van der Waals surface area (Å²) in [6.07, 6.45) is 9.59. The third-order valence-corrected chi connectivity index (χ3v) is 3.98. The molecule has 0 aliphatic heterocycles. The number of nitrogens with zero attached hydrogens (tertiary/aromatic N) is 1. The highest BCUT2D eigenvalue weighted by molar-refractivity contribution is 6.05. The molecular formula is C14H24N2O. The molecule has 2 aliphatic rings. The number of oxime groups is 1. The summed E-state index contributed by atoms with van der Waals surface area (Å²) in [5.41, 5.74) is 3.85. The summed E-state index contributed by atoms with van der Waals surface area (Å²) < 4.78 is 0. The molecule has 96 valence electrons. The van der Waals surface area contributed by atoms with Crippen molar-refractivity contribution in [1.29, 1.82) is 0 Å². The van der Waals surface area contributed by atoms with Crippen LogP contribution in [0.4, 0.5) is 0 Å². The standard InChI is InChI=1S/C14H24N2O/c1-2-3-10-15-13-9-8-11-6-4-5-7-12(11)14(13)16-17/h13,15,17H,2-10H2,1H3. The first-order valence-electron chi connectivity index (χ1n) is 7.03. The highest BCUT2D eigenvalue weighted by Gasteiger charge is 2.28. The van der Waals surface area contributed by atoms with Gasteiger partial charge < -0.3 is 10.5 Å². The topological polar surface area (TPSA) is 44.6 Å². The van der Waals surface area contributed by atoms with E-state index in [0.717, 1.165) is 25.1 Å². The van der Waals surface area contributed by atoms with Crippen molar-refractivity contribution in [2.24, 2.45) is 5.16 Å². The maximum Gasteiger partial charge on any atom is 0.0996 e. The summed E-state index contributed by atoms with van der Waals surface area (Å²) in [5, 5.41) is 16.4. The zero-order valence-corrected chi connectivity index (χ0v) is 10.8. The van der Waals surface area contributed by atoms with Gasteiger partial charge in [-0.25, -0.2) is 0 Å². The molecule has 0 amide bonds. The molecule has 0 fully saturated rings. The molecule has 0 saturated carbocycles. The Kier molecular flexibility index (Phi) is 4.60. The van der Waals surface area contributed by atoms with Crippen LogP contribution in [-0.4, -0.2) is 23.5 Å². The molecule has 0 radical (unpaired) electrons. The normalized spacial score (nSPS) is 27.4. The molecule has 0 spiro atoms. The van der Waals surface area contributed by atoms with Crippen molar-refractivity contribution in [3.05, 3.63) is 11.1 Å². The van der Waals surface area contributed by atoms with Gasteiger partial charge in [-0.3, -0.25) is 0 Å². The van der Waals surface area contributed by atoms with Crippen molar-refractivity contribution in [1.82, 2.24) is 5.32 Å². The third-order valence-electron chi connectivity index (χ3n) is 3.98. The van der Waals surface area contributed by atoms with Gasteiger partial charge in [-0.15, -0.1) is 0 Å². The Labute approximate surface area is 104 Å². The molecule has 1 unspecified atom stereocenters. The maximum atomic E-state index is 9.27. The van der Waals surface area contributed by atoms with Crippen molar-refractivity contribution in [2.45, 2.75) is 64.3 Å². The Hall–Kier alpha value is -0.830. The molecule has 2 rings (SSSR count). The molecule has 2 N–H and O–H groups in total. The Bertz CT molecular complexity index is 320. The predicted molar refractivity (Wildman–Crippen MR) is 70.6 cm³/mol. The fourth-order valence-electron chi connectivity index (χ4n) is 3.00. The second-order valence-corrected chi connectivity index (χ2v) is 5.17. The fourth-order valence-corrected chi connectivity index (χ4v) is 3.00. The van der Waals surface area contributed by atoms with Gasteiger partial charge in [0.2, 0.25) is 0 Å². The first-order valence-corrected chi connectivity index (χ1v) is 7.03. The second kappa shape index (κ2) is 6.20. The van der Waals surface area contributed by atoms with E-state index >= 15 is 0 Å². The SMILES string of the molecule is CCCCNC1CCC2=C(CCCC2)C1=NO. The van der Waals surface area contributed by atoms with Gasteiger partial charge in [0.25, 0.3) is 0 Å². The molecule has 2 aliphatic carbocycles. The summed E-state index contributed by atoms with van der Waals surface area (Å²) in [6.45, 7) is 3.23. The fraction of sp³-hybridized carbons (Fsp3) is 0.786. The van der Waals surface area contributed by atoms with Gasteiger partial charge in [-0.05, 0) is 57.1 Å². The lowest BCUT2D eigenvalue weighted by molar-refractivity contribution is 0.313. The highest BCUT2D eigenvalue weighted by Crippen LogP contribution is 2.34. The highest BCUT2D eigenvalue weighted by atomic mass is 16.4. The summed E-state index contributed by atoms with van der Waals surface area (Å²) in [7, 11) is 0. The molecule has 3 heteroatoms. The first-order chi connectivity index (χ1) is 8.36. The lowest BCUT2D eigenvalue weighted by Gasteiger charge is -2.31. The van der Waals surface area contributed by atoms with E-state index in [4.69, 9.17) is 0 Å². The number of hydrogen-bond acceptors (Lipinski definition) is 3. The number of unbranched alkanes of at least 4 members (excludes halogenated alkanes) is 1. The quantitative estimate of drug-likeness (QED) is 0.447. The van der Waals surface area contributed by atoms with E-state index in [-0.39, 0.29) is 6.04 Å². The van der Waals surface area contributed by atoms with Crippen LogP contribution < -0.4 is 5.32 Å². The van der Waals surface area contributed by atoms with Gasteiger partial charge >= 0.3 is 0 Å². The summed E-state index contributed by atoms with van der Waals surface area (Å²) in [4.78, 5) is 0. The maximum absolute atomic E-state index is 9.27. The molecule has 0 saturated heterocycles. The van der Waals surface area contributed by atoms with E-state index < -0.39 is 0 Å². The van der Waals surface area contributed by atoms with E-state index in [1.54, 1.807) is 5.57 Å². The Morgan fingerprint density at radius 2 is 2.12 bits per heavy atom. The van der Waals surface area contributed by atoms with E-state index in [9.17, 15) is 5.21 Å². The van der Waals surface area contributed by atoms with Gasteiger partial charge in [-0.1, -0.05) is 24.1 Å². The second-order valence-electron chi connectivity index (χ2n) is 5.17. The third kappa shape index (κ3) is 2.89. The lowest BCUT2D eigenvalue weighted by atomic mass is 9.79. The molecule has 17 heavy (non-hydrogen) atoms. The largest absolute Gasteiger partial charge is 0.411 e. The molecule has 0 heterocycles. The Morgan fingerprint density at radius 3 is 2.88 bits per heavy atom. The molecule has 1 atom stereocenters. The number of allylic oxidation sites excluding steroid dienone is 1. The van der Waals surface area contributed by atoms with Crippen molar-refractivity contribution < 1.29 is 5.21 Å². The zero-order valence-electron chi connectivity index (χ0n) is 10.8. The number of nitrogens with one attached hydrogen (secondary N) is 1. The molecule has 0 aromatic carbocycles. The van der Waals surface area contributed by atoms with Gasteiger partial charge in [0, 0.05) is 0 Å². The van der Waals surface area contributed by atoms with Crippen molar-refractivity contribution >= 4 is 5.71 Å². The van der Waals surface area contributed by atoms with Crippen LogP contribution in [0.15, 0.2) is 16.3 Å². The van der Waals surface area contributed by atoms with Crippen LogP contribution in [0.1, 0.15) is 58.3 Å². The molecule has 0 aromatic rings. The van der Waals surface area contributed by atoms with Crippen LogP contribution in [0.3, 0.4) is 0 Å². The smallest absolute Gasteiger partial charge is 0.0996 e. The lowest BCUT2D eigenvalue weighted by Crippen LogP contribution is -2.41. The zero-order chi connectivity index (χ0) is 12.1. The van der Waals surface area contributed by atoms with E-state index in [0.29, 0.717) is 0 Å². The van der Waals surface area contributed by atoms with Gasteiger partial charge in [0.15, 0.2) is 0 Å². The number of rotatable bonds is 4. The average Bonchev–Trinajstić information content (AvgIpc) is 2.38. The first kappa shape index (κ1) is 12.6. The monoisotopic (exact) mass is 236 g/mol. The Balaban J connectivity index is 2.04. The molecular weight excluding hydrogens is 212 g/mol. The molecule has 0 aromatic heterocycles. The minimum atomic E-state index is 0.281. The van der Waals surface area contributed by atoms with Crippen molar-refractivity contribution in [3.8, 4) is 0 Å². The summed E-state index contributed by atoms with van der Waals surface area (Å²) >= 11 is 0. The molecule has 3 nitrogen and oxygen atoms in total. The van der Waals surface area contributed by atoms with Crippen LogP contribution in [0, 0.1) is 0 Å². The van der Waals surface area contributed by atoms with E-state index in [1.807, 2.05) is 0 Å². The van der Waals surface area contributed by atoms with Gasteiger partial charge in [0.1, 0.15) is 0 Å². The van der Waals surface area contributed by atoms with E-state index in [1.165, 1.54) is 44.1 Å². The molecule has 0 bridgehead atoms. The predicted octanol–water partition coefficient (Wildman–Crippen LogP) is 3.24. The number of hydrogen-bond donors (Lipinski definition) is 2.